The van der Waals surface area contributed by atoms with Crippen LogP contribution < -0.4 is 0 Å². The Morgan fingerprint density at radius 2 is 0.567 bits per heavy atom. The van der Waals surface area contributed by atoms with Crippen molar-refractivity contribution >= 4 is 33.6 Å². The van der Waals surface area contributed by atoms with Gasteiger partial charge in [-0.2, -0.15) is 0 Å². The molecule has 0 aliphatic rings. The molecular formula is C79H134O16P2. The molecule has 0 saturated heterocycles. The highest BCUT2D eigenvalue weighted by atomic mass is 31.2. The molecule has 5 unspecified atom stereocenters. The molecule has 0 heterocycles. The third-order valence-electron chi connectivity index (χ3n) is 15.4. The fourth-order valence-electron chi connectivity index (χ4n) is 9.74. The minimum Gasteiger partial charge on any atom is -0.463 e. The number of aliphatic hydroxyl groups is 2. The predicted octanol–water partition coefficient (Wildman–Crippen LogP) is 21.5. The van der Waals surface area contributed by atoms with E-state index in [-0.39, 0.29) is 19.3 Å². The van der Waals surface area contributed by atoms with Crippen LogP contribution in [0.4, 0.5) is 0 Å². The van der Waals surface area contributed by atoms with E-state index in [2.05, 4.69) is 136 Å². The van der Waals surface area contributed by atoms with Gasteiger partial charge in [-0.25, -0.2) is 9.13 Å². The molecule has 16 nitrogen and oxygen atoms in total. The van der Waals surface area contributed by atoms with Gasteiger partial charge in [-0.3, -0.25) is 32.5 Å². The van der Waals surface area contributed by atoms with Gasteiger partial charge in [0.1, 0.15) is 25.4 Å². The molecule has 0 aromatic carbocycles. The van der Waals surface area contributed by atoms with Crippen LogP contribution in [-0.2, 0) is 55.8 Å². The van der Waals surface area contributed by atoms with Crippen LogP contribution in [-0.4, -0.2) is 95.9 Å². The van der Waals surface area contributed by atoms with Crippen LogP contribution in [0, 0.1) is 0 Å². The predicted molar refractivity (Wildman–Crippen MR) is 399 cm³/mol. The van der Waals surface area contributed by atoms with Crippen LogP contribution in [0.5, 0.6) is 0 Å². The lowest BCUT2D eigenvalue weighted by Gasteiger charge is -2.21. The molecule has 0 bridgehead atoms. The van der Waals surface area contributed by atoms with Crippen molar-refractivity contribution < 1.29 is 75.8 Å². The highest BCUT2D eigenvalue weighted by molar-refractivity contribution is 7.47. The number of hydrogen-bond acceptors (Lipinski definition) is 14. The molecule has 0 aliphatic heterocycles. The van der Waals surface area contributed by atoms with E-state index in [0.717, 1.165) is 116 Å². The average molecular weight is 1400 g/mol. The zero-order valence-electron chi connectivity index (χ0n) is 60.5. The maximum Gasteiger partial charge on any atom is 0.472 e. The minimum atomic E-state index is -4.94. The summed E-state index contributed by atoms with van der Waals surface area (Å²) in [5, 5.41) is 20.6. The van der Waals surface area contributed by atoms with Crippen molar-refractivity contribution in [2.45, 2.75) is 309 Å². The highest BCUT2D eigenvalue weighted by Gasteiger charge is 2.29. The maximum atomic E-state index is 12.9. The van der Waals surface area contributed by atoms with Crippen molar-refractivity contribution in [3.05, 3.63) is 134 Å². The molecule has 0 spiro atoms. The number of ether oxygens (including phenoxy) is 3. The molecule has 0 saturated carbocycles. The summed E-state index contributed by atoms with van der Waals surface area (Å²) in [6.07, 6.45) is 85.3. The number of phosphoric acid groups is 2. The zero-order valence-corrected chi connectivity index (χ0v) is 62.2. The van der Waals surface area contributed by atoms with Crippen LogP contribution in [0.2, 0.25) is 0 Å². The summed E-state index contributed by atoms with van der Waals surface area (Å²) < 4.78 is 60.9. The van der Waals surface area contributed by atoms with Crippen molar-refractivity contribution in [1.29, 1.82) is 0 Å². The topological polar surface area (TPSA) is 231 Å². The summed E-state index contributed by atoms with van der Waals surface area (Å²) >= 11 is 0. The van der Waals surface area contributed by atoms with Crippen molar-refractivity contribution in [1.82, 2.24) is 0 Å². The largest absolute Gasteiger partial charge is 0.472 e. The second kappa shape index (κ2) is 71.5. The van der Waals surface area contributed by atoms with Crippen LogP contribution in [0.15, 0.2) is 134 Å². The second-order valence-electron chi connectivity index (χ2n) is 24.7. The lowest BCUT2D eigenvalue weighted by Crippen LogP contribution is -2.30. The first-order valence-corrected chi connectivity index (χ1v) is 40.5. The Balaban J connectivity index is 4.53. The van der Waals surface area contributed by atoms with E-state index in [1.807, 2.05) is 18.2 Å². The number of rotatable bonds is 70. The first-order chi connectivity index (χ1) is 47.2. The van der Waals surface area contributed by atoms with Gasteiger partial charge in [0.2, 0.25) is 0 Å². The number of carbonyl (C=O) groups excluding carboxylic acids is 3. The Morgan fingerprint density at radius 1 is 0.299 bits per heavy atom. The minimum absolute atomic E-state index is 0.0446. The molecule has 0 aromatic rings. The summed E-state index contributed by atoms with van der Waals surface area (Å²) in [4.78, 5) is 58.4. The molecule has 556 valence electrons. The van der Waals surface area contributed by atoms with Gasteiger partial charge in [0.05, 0.1) is 26.4 Å². The van der Waals surface area contributed by atoms with E-state index in [1.165, 1.54) is 109 Å². The molecular weight excluding hydrogens is 1270 g/mol. The fourth-order valence-corrected chi connectivity index (χ4v) is 11.3. The normalized spacial score (nSPS) is 14.8. The number of unbranched alkanes of at least 4 members (excludes halogenated alkanes) is 25. The zero-order chi connectivity index (χ0) is 70.9. The number of hydrogen-bond donors (Lipinski definition) is 4. The Kier molecular flexibility index (Phi) is 68.3. The van der Waals surface area contributed by atoms with Crippen molar-refractivity contribution in [3.63, 3.8) is 0 Å². The monoisotopic (exact) mass is 1400 g/mol. The van der Waals surface area contributed by atoms with E-state index in [1.54, 1.807) is 0 Å². The summed E-state index contributed by atoms with van der Waals surface area (Å²) in [6, 6.07) is 0. The van der Waals surface area contributed by atoms with Gasteiger partial charge in [0, 0.05) is 19.3 Å². The van der Waals surface area contributed by atoms with Crippen LogP contribution in [0.1, 0.15) is 290 Å². The van der Waals surface area contributed by atoms with Gasteiger partial charge in [-0.05, 0) is 103 Å². The van der Waals surface area contributed by atoms with Crippen LogP contribution >= 0.6 is 15.6 Å². The number of aliphatic hydroxyl groups excluding tert-OH is 2. The van der Waals surface area contributed by atoms with E-state index in [9.17, 15) is 43.5 Å². The Bertz CT molecular complexity index is 2300. The molecule has 0 aromatic heterocycles. The summed E-state index contributed by atoms with van der Waals surface area (Å²) in [5.41, 5.74) is 0. The Hall–Kier alpha value is -4.31. The first-order valence-electron chi connectivity index (χ1n) is 37.5. The molecule has 18 heteroatoms. The van der Waals surface area contributed by atoms with Gasteiger partial charge in [-0.15, -0.1) is 0 Å². The molecule has 0 aliphatic carbocycles. The van der Waals surface area contributed by atoms with Crippen molar-refractivity contribution in [2.75, 3.05) is 39.6 Å². The Labute approximate surface area is 588 Å². The number of carbonyl (C=O) groups is 3. The molecule has 4 N–H and O–H groups in total. The third kappa shape index (κ3) is 72.8. The first kappa shape index (κ1) is 92.7. The van der Waals surface area contributed by atoms with E-state index in [4.69, 9.17) is 32.3 Å². The Morgan fingerprint density at radius 3 is 0.928 bits per heavy atom. The van der Waals surface area contributed by atoms with Gasteiger partial charge in [0.25, 0.3) is 0 Å². The van der Waals surface area contributed by atoms with E-state index in [0.29, 0.717) is 25.7 Å². The molecule has 5 atom stereocenters. The lowest BCUT2D eigenvalue weighted by molar-refractivity contribution is -0.161. The van der Waals surface area contributed by atoms with Gasteiger partial charge >= 0.3 is 33.6 Å². The van der Waals surface area contributed by atoms with E-state index >= 15 is 0 Å². The molecule has 0 fully saturated rings. The summed E-state index contributed by atoms with van der Waals surface area (Å²) in [6.45, 7) is 2.36. The second-order valence-corrected chi connectivity index (χ2v) is 27.6. The summed E-state index contributed by atoms with van der Waals surface area (Å²) in [5.74, 6) is -1.67. The molecule has 0 amide bonds. The van der Waals surface area contributed by atoms with Crippen LogP contribution in [0.25, 0.3) is 0 Å². The fraction of sp³-hybridized carbons (Fsp3) is 0.684. The number of allylic oxidation sites excluding steroid dienone is 22. The van der Waals surface area contributed by atoms with Gasteiger partial charge in [-0.1, -0.05) is 302 Å². The maximum absolute atomic E-state index is 12.9. The SMILES string of the molecule is CC/C=C\C/C=C\C/C=C\C/C=C\C/C=C\C/C=C\CCC(=O)OCC(COP(=O)(O)OCC(O)COP(=O)(O)OCC(O)COC(=O)CCCCCCCCCCCCCCC/C=C\C/C=C\C/C=C\C/C=C\C/C=C\CC)OC(=O)CCCCCCCCCCCCCCC. The molecule has 0 rings (SSSR count). The molecule has 97 heavy (non-hydrogen) atoms. The number of esters is 3. The van der Waals surface area contributed by atoms with Crippen molar-refractivity contribution in [3.8, 4) is 0 Å². The third-order valence-corrected chi connectivity index (χ3v) is 17.3. The molecule has 0 radical (unpaired) electrons. The van der Waals surface area contributed by atoms with Crippen LogP contribution in [0.3, 0.4) is 0 Å². The lowest BCUT2D eigenvalue weighted by atomic mass is 10.0. The smallest absolute Gasteiger partial charge is 0.463 e. The standard InChI is InChI=1S/C79H134O16P2/c1-4-7-10-13-16-19-22-25-27-29-31-32-33-34-35-36-37-38-39-40-42-44-45-48-50-53-56-59-62-65-77(82)89-68-74(80)69-91-96(85,86)92-70-75(81)71-93-97(87,88)94-73-76(95-79(84)67-64-61-58-55-52-47-24-21-18-15-12-9-6-3)72-90-78(83)66-63-60-57-54-51-49-46-43-41-30-28-26-23-20-17-14-11-8-5-2/h7-8,10-11,16-17,19-20,25-28,31-32,34-35,41,43,49,51,57,60,74-76,80-81H,4-6,9,12-15,18,21-24,29-30,33,36-40,42,44-48,50,52-56,58-59,61-73H2,1-3H3,(H,85,86)(H,87,88)/b10-7-,11-8-,19-16-,20-17-,27-25-,28-26-,32-31-,35-34-,43-41-,51-49-,60-57-. The average Bonchev–Trinajstić information content (AvgIpc) is 2.57. The quantitative estimate of drug-likeness (QED) is 0.0146. The number of phosphoric ester groups is 2. The van der Waals surface area contributed by atoms with Gasteiger partial charge < -0.3 is 34.2 Å². The van der Waals surface area contributed by atoms with Crippen molar-refractivity contribution in [2.24, 2.45) is 0 Å². The van der Waals surface area contributed by atoms with Gasteiger partial charge in [0.15, 0.2) is 6.10 Å². The highest BCUT2D eigenvalue weighted by Crippen LogP contribution is 2.45. The van der Waals surface area contributed by atoms with E-state index < -0.39 is 91.5 Å². The summed E-state index contributed by atoms with van der Waals surface area (Å²) in [7, 11) is -9.80.